The minimum Gasteiger partial charge on any atom is -0.493 e. The van der Waals surface area contributed by atoms with Gasteiger partial charge in [0.15, 0.2) is 11.5 Å². The Bertz CT molecular complexity index is 1610. The lowest BCUT2D eigenvalue weighted by Crippen LogP contribution is -2.49. The molecule has 4 rings (SSSR count). The van der Waals surface area contributed by atoms with Gasteiger partial charge in [-0.15, -0.1) is 0 Å². The van der Waals surface area contributed by atoms with Crippen LogP contribution in [0.2, 0.25) is 0 Å². The fraction of sp³-hybridized carbons (Fsp3) is 0.389. The minimum absolute atomic E-state index is 0.107. The molecule has 11 nitrogen and oxygen atoms in total. The average Bonchev–Trinajstić information content (AvgIpc) is 3.03. The van der Waals surface area contributed by atoms with E-state index in [1.807, 2.05) is 44.7 Å². The van der Waals surface area contributed by atoms with Crippen molar-refractivity contribution in [1.29, 1.82) is 0 Å². The first-order valence-corrected chi connectivity index (χ1v) is 15.6. The third kappa shape index (κ3) is 9.25. The van der Waals surface area contributed by atoms with Crippen molar-refractivity contribution in [3.63, 3.8) is 0 Å². The van der Waals surface area contributed by atoms with Gasteiger partial charge in [-0.05, 0) is 54.3 Å². The first-order chi connectivity index (χ1) is 22.3. The molecule has 3 amide bonds. The van der Waals surface area contributed by atoms with E-state index in [-0.39, 0.29) is 23.3 Å². The number of carboxylic acids is 1. The molecule has 0 aromatic heterocycles. The zero-order valence-electron chi connectivity index (χ0n) is 27.9. The van der Waals surface area contributed by atoms with Gasteiger partial charge < -0.3 is 35.0 Å². The van der Waals surface area contributed by atoms with Crippen molar-refractivity contribution >= 4 is 35.1 Å². The van der Waals surface area contributed by atoms with Gasteiger partial charge in [0.1, 0.15) is 0 Å². The Balaban J connectivity index is 1.62. The standard InChI is InChI=1S/C36H44N4O7/c1-23-7-9-24(10-8-23)27(21-33(42)43)37-34(44)25-11-13-29(39-15-17-40(18-16-39)32(41)22-36(2,3)4)28(19-25)38-35(45)26-12-14-30(46-5)31(20-26)47-6/h7-14,19-20,27H,15-18,21-22H2,1-6H3,(H,37,44)(H,38,45)(H,42,43). The van der Waals surface area contributed by atoms with Crippen LogP contribution in [0.1, 0.15) is 71.5 Å². The van der Waals surface area contributed by atoms with E-state index in [1.54, 1.807) is 48.5 Å². The molecule has 0 radical (unpaired) electrons. The van der Waals surface area contributed by atoms with Crippen LogP contribution in [-0.2, 0) is 9.59 Å². The first kappa shape index (κ1) is 34.8. The highest BCUT2D eigenvalue weighted by atomic mass is 16.5. The predicted octanol–water partition coefficient (Wildman–Crippen LogP) is 5.30. The molecule has 0 saturated carbocycles. The summed E-state index contributed by atoms with van der Waals surface area (Å²) in [6, 6.07) is 16.4. The number of aryl methyl sites for hydroxylation is 1. The van der Waals surface area contributed by atoms with Gasteiger partial charge in [-0.1, -0.05) is 50.6 Å². The number of carbonyl (C=O) groups excluding carboxylic acids is 3. The molecule has 3 aromatic carbocycles. The first-order valence-electron chi connectivity index (χ1n) is 15.6. The van der Waals surface area contributed by atoms with Crippen LogP contribution in [0, 0.1) is 12.3 Å². The number of amides is 3. The van der Waals surface area contributed by atoms with Crippen molar-refractivity contribution in [2.45, 2.75) is 46.6 Å². The Morgan fingerprint density at radius 3 is 2.04 bits per heavy atom. The van der Waals surface area contributed by atoms with Crippen LogP contribution in [0.5, 0.6) is 11.5 Å². The number of rotatable bonds is 11. The number of hydrogen-bond acceptors (Lipinski definition) is 7. The Morgan fingerprint density at radius 2 is 1.45 bits per heavy atom. The molecule has 3 N–H and O–H groups in total. The van der Waals surface area contributed by atoms with Gasteiger partial charge in [-0.3, -0.25) is 19.2 Å². The van der Waals surface area contributed by atoms with Gasteiger partial charge in [-0.2, -0.15) is 0 Å². The molecule has 3 aromatic rings. The van der Waals surface area contributed by atoms with Gasteiger partial charge in [0.2, 0.25) is 5.91 Å². The van der Waals surface area contributed by atoms with Crippen LogP contribution in [0.15, 0.2) is 60.7 Å². The number of benzene rings is 3. The number of anilines is 2. The number of hydrogen-bond donors (Lipinski definition) is 3. The molecular weight excluding hydrogens is 600 g/mol. The summed E-state index contributed by atoms with van der Waals surface area (Å²) < 4.78 is 10.7. The third-order valence-electron chi connectivity index (χ3n) is 7.97. The number of carboxylic acid groups (broad SMARTS) is 1. The maximum absolute atomic E-state index is 13.6. The van der Waals surface area contributed by atoms with E-state index in [1.165, 1.54) is 14.2 Å². The van der Waals surface area contributed by atoms with Crippen molar-refractivity contribution < 1.29 is 33.8 Å². The fourth-order valence-electron chi connectivity index (χ4n) is 5.45. The Kier molecular flexibility index (Phi) is 11.1. The molecule has 1 fully saturated rings. The summed E-state index contributed by atoms with van der Waals surface area (Å²) in [5.74, 6) is -0.975. The number of carbonyl (C=O) groups is 4. The van der Waals surface area contributed by atoms with Gasteiger partial charge in [0.05, 0.1) is 38.1 Å². The van der Waals surface area contributed by atoms with Crippen molar-refractivity contribution in [2.24, 2.45) is 5.41 Å². The van der Waals surface area contributed by atoms with Crippen LogP contribution in [0.3, 0.4) is 0 Å². The number of piperazine rings is 1. The maximum atomic E-state index is 13.6. The highest BCUT2D eigenvalue weighted by Gasteiger charge is 2.27. The highest BCUT2D eigenvalue weighted by Crippen LogP contribution is 2.32. The molecule has 0 aliphatic carbocycles. The Hall–Kier alpha value is -5.06. The second-order valence-corrected chi connectivity index (χ2v) is 12.9. The summed E-state index contributed by atoms with van der Waals surface area (Å²) in [6.45, 7) is 10.2. The topological polar surface area (TPSA) is 138 Å². The number of nitrogens with one attached hydrogen (secondary N) is 2. The van der Waals surface area contributed by atoms with E-state index < -0.39 is 23.8 Å². The number of methoxy groups -OCH3 is 2. The van der Waals surface area contributed by atoms with Crippen LogP contribution in [0.25, 0.3) is 0 Å². The average molecular weight is 645 g/mol. The zero-order valence-corrected chi connectivity index (χ0v) is 27.9. The van der Waals surface area contributed by atoms with Gasteiger partial charge in [0.25, 0.3) is 11.8 Å². The SMILES string of the molecule is COc1ccc(C(=O)Nc2cc(C(=O)NC(CC(=O)O)c3ccc(C)cc3)ccc2N2CCN(C(=O)CC(C)(C)C)CC2)cc1OC. The van der Waals surface area contributed by atoms with Crippen molar-refractivity contribution in [3.05, 3.63) is 82.9 Å². The molecule has 0 bridgehead atoms. The molecule has 1 saturated heterocycles. The molecular formula is C36H44N4O7. The number of ether oxygens (including phenoxy) is 2. The molecule has 1 aliphatic heterocycles. The number of nitrogens with zero attached hydrogens (tertiary/aromatic N) is 2. The maximum Gasteiger partial charge on any atom is 0.305 e. The third-order valence-corrected chi connectivity index (χ3v) is 7.97. The lowest BCUT2D eigenvalue weighted by Gasteiger charge is -2.38. The van der Waals surface area contributed by atoms with Gasteiger partial charge >= 0.3 is 5.97 Å². The Labute approximate surface area is 275 Å². The van der Waals surface area contributed by atoms with Crippen LogP contribution in [0.4, 0.5) is 11.4 Å². The van der Waals surface area contributed by atoms with Crippen molar-refractivity contribution in [1.82, 2.24) is 10.2 Å². The lowest BCUT2D eigenvalue weighted by atomic mass is 9.91. The highest BCUT2D eigenvalue weighted by molar-refractivity contribution is 6.07. The molecule has 0 spiro atoms. The van der Waals surface area contributed by atoms with Crippen LogP contribution in [-0.4, -0.2) is 74.1 Å². The van der Waals surface area contributed by atoms with Crippen molar-refractivity contribution in [3.8, 4) is 11.5 Å². The quantitative estimate of drug-likeness (QED) is 0.256. The van der Waals surface area contributed by atoms with Gasteiger partial charge in [-0.25, -0.2) is 0 Å². The summed E-state index contributed by atoms with van der Waals surface area (Å²) in [5, 5.41) is 15.4. The summed E-state index contributed by atoms with van der Waals surface area (Å²) in [6.07, 6.45) is 0.156. The number of aliphatic carboxylic acids is 1. The van der Waals surface area contributed by atoms with E-state index in [9.17, 15) is 24.3 Å². The lowest BCUT2D eigenvalue weighted by molar-refractivity contribution is -0.137. The van der Waals surface area contributed by atoms with Crippen LogP contribution >= 0.6 is 0 Å². The second-order valence-electron chi connectivity index (χ2n) is 12.9. The molecule has 1 unspecified atom stereocenters. The summed E-state index contributed by atoms with van der Waals surface area (Å²) in [4.78, 5) is 55.6. The predicted molar refractivity (Wildman–Crippen MR) is 180 cm³/mol. The smallest absolute Gasteiger partial charge is 0.305 e. The molecule has 11 heteroatoms. The molecule has 47 heavy (non-hydrogen) atoms. The van der Waals surface area contributed by atoms with Crippen molar-refractivity contribution in [2.75, 3.05) is 50.6 Å². The molecule has 250 valence electrons. The summed E-state index contributed by atoms with van der Waals surface area (Å²) in [7, 11) is 3.00. The van der Waals surface area contributed by atoms with Crippen LogP contribution < -0.4 is 25.0 Å². The molecule has 1 atom stereocenters. The summed E-state index contributed by atoms with van der Waals surface area (Å²) in [5.41, 5.74) is 3.23. The normalized spacial score (nSPS) is 13.8. The largest absolute Gasteiger partial charge is 0.493 e. The molecule has 1 aliphatic rings. The molecule has 1 heterocycles. The minimum atomic E-state index is -1.05. The second kappa shape index (κ2) is 15.0. The van der Waals surface area contributed by atoms with E-state index in [0.29, 0.717) is 66.6 Å². The summed E-state index contributed by atoms with van der Waals surface area (Å²) >= 11 is 0. The van der Waals surface area contributed by atoms with E-state index in [2.05, 4.69) is 15.5 Å². The van der Waals surface area contributed by atoms with E-state index in [0.717, 1.165) is 5.56 Å². The van der Waals surface area contributed by atoms with E-state index >= 15 is 0 Å². The monoisotopic (exact) mass is 644 g/mol. The zero-order chi connectivity index (χ0) is 34.3. The Morgan fingerprint density at radius 1 is 0.830 bits per heavy atom. The van der Waals surface area contributed by atoms with Gasteiger partial charge in [0, 0.05) is 43.7 Å². The van der Waals surface area contributed by atoms with E-state index in [4.69, 9.17) is 9.47 Å². The fourth-order valence-corrected chi connectivity index (χ4v) is 5.45.